The molecule has 1 amide bonds. The van der Waals surface area contributed by atoms with Gasteiger partial charge in [-0.05, 0) is 61.7 Å². The van der Waals surface area contributed by atoms with Gasteiger partial charge in [0.15, 0.2) is 0 Å². The van der Waals surface area contributed by atoms with Crippen LogP contribution in [-0.4, -0.2) is 54.8 Å². The van der Waals surface area contributed by atoms with Crippen molar-refractivity contribution in [2.24, 2.45) is 0 Å². The fourth-order valence-corrected chi connectivity index (χ4v) is 4.37. The lowest BCUT2D eigenvalue weighted by atomic mass is 10.1. The highest BCUT2D eigenvalue weighted by Gasteiger charge is 2.20. The summed E-state index contributed by atoms with van der Waals surface area (Å²) in [6.45, 7) is 6.15. The lowest BCUT2D eigenvalue weighted by Crippen LogP contribution is -2.30. The summed E-state index contributed by atoms with van der Waals surface area (Å²) in [6, 6.07) is 10.1. The van der Waals surface area contributed by atoms with Crippen LogP contribution in [0.3, 0.4) is 0 Å². The van der Waals surface area contributed by atoms with Gasteiger partial charge in [0.2, 0.25) is 10.0 Å². The van der Waals surface area contributed by atoms with Crippen LogP contribution in [0.4, 0.5) is 0 Å². The third-order valence-electron chi connectivity index (χ3n) is 5.55. The van der Waals surface area contributed by atoms with Crippen LogP contribution in [0.5, 0.6) is 0 Å². The topological polar surface area (TPSA) is 111 Å². The maximum absolute atomic E-state index is 12.5. The van der Waals surface area contributed by atoms with E-state index in [1.54, 1.807) is 24.3 Å². The number of imidazole rings is 1. The fourth-order valence-electron chi connectivity index (χ4n) is 3.45. The van der Waals surface area contributed by atoms with E-state index in [4.69, 9.17) is 4.74 Å². The van der Waals surface area contributed by atoms with E-state index in [9.17, 15) is 18.0 Å². The number of fused-ring (bicyclic) bond motifs is 1. The van der Waals surface area contributed by atoms with Gasteiger partial charge in [-0.1, -0.05) is 13.0 Å². The highest BCUT2D eigenvalue weighted by Crippen LogP contribution is 2.23. The van der Waals surface area contributed by atoms with Gasteiger partial charge in [-0.15, -0.1) is 0 Å². The molecule has 0 saturated carbocycles. The number of carbonyl (C=O) groups excluding carboxylic acids is 2. The number of hydrogen-bond acceptors (Lipinski definition) is 6. The number of nitrogens with zero attached hydrogens (tertiary/aromatic N) is 3. The molecule has 1 heterocycles. The SMILES string of the molecule is CCCn1c(COC(=O)CNC(=O)c2ccc(C)c(C)c2)nc2cc(S(=O)(=O)N(C)C)ccc21. The van der Waals surface area contributed by atoms with Crippen molar-refractivity contribution in [3.63, 3.8) is 0 Å². The molecule has 1 aromatic heterocycles. The van der Waals surface area contributed by atoms with Crippen molar-refractivity contribution in [3.8, 4) is 0 Å². The predicted octanol–water partition coefficient (Wildman–Crippen LogP) is 2.79. The molecular formula is C24H30N4O5S. The average Bonchev–Trinajstić information content (AvgIpc) is 3.14. The molecule has 1 N–H and O–H groups in total. The molecule has 0 saturated heterocycles. The van der Waals surface area contributed by atoms with Crippen LogP contribution in [0.15, 0.2) is 41.3 Å². The van der Waals surface area contributed by atoms with Crippen molar-refractivity contribution in [1.29, 1.82) is 0 Å². The van der Waals surface area contributed by atoms with Gasteiger partial charge < -0.3 is 14.6 Å². The quantitative estimate of drug-likeness (QED) is 0.466. The average molecular weight is 487 g/mol. The Kier molecular flexibility index (Phi) is 7.73. The number of amides is 1. The molecule has 0 bridgehead atoms. The van der Waals surface area contributed by atoms with Gasteiger partial charge in [-0.2, -0.15) is 0 Å². The Hall–Kier alpha value is -3.24. The van der Waals surface area contributed by atoms with Crippen molar-refractivity contribution in [2.45, 2.75) is 45.2 Å². The lowest BCUT2D eigenvalue weighted by molar-refractivity contribution is -0.144. The maximum atomic E-state index is 12.5. The number of rotatable bonds is 9. The van der Waals surface area contributed by atoms with E-state index in [0.29, 0.717) is 23.4 Å². The van der Waals surface area contributed by atoms with E-state index in [1.807, 2.05) is 31.4 Å². The molecule has 3 rings (SSSR count). The molecule has 182 valence electrons. The summed E-state index contributed by atoms with van der Waals surface area (Å²) in [5.41, 5.74) is 3.81. The molecule has 0 fully saturated rings. The lowest BCUT2D eigenvalue weighted by Gasteiger charge is -2.11. The molecule has 0 atom stereocenters. The van der Waals surface area contributed by atoms with Crippen LogP contribution < -0.4 is 5.32 Å². The summed E-state index contributed by atoms with van der Waals surface area (Å²) in [7, 11) is -0.653. The number of esters is 1. The Bertz CT molecular complexity index is 1330. The number of aryl methyl sites for hydroxylation is 3. The smallest absolute Gasteiger partial charge is 0.325 e. The minimum absolute atomic E-state index is 0.0945. The number of carbonyl (C=O) groups is 2. The van der Waals surface area contributed by atoms with Crippen LogP contribution in [0.2, 0.25) is 0 Å². The van der Waals surface area contributed by atoms with Gasteiger partial charge in [-0.3, -0.25) is 9.59 Å². The summed E-state index contributed by atoms with van der Waals surface area (Å²) in [5.74, 6) is -0.443. The summed E-state index contributed by atoms with van der Waals surface area (Å²) < 4.78 is 33.3. The predicted molar refractivity (Wildman–Crippen MR) is 129 cm³/mol. The standard InChI is InChI=1S/C24H30N4O5S/c1-6-11-28-21-10-9-19(34(31,32)27(4)5)13-20(21)26-22(28)15-33-23(29)14-25-24(30)18-8-7-16(2)17(3)12-18/h7-10,12-13H,6,11,14-15H2,1-5H3,(H,25,30). The molecule has 0 spiro atoms. The number of ether oxygens (including phenoxy) is 1. The second-order valence-electron chi connectivity index (χ2n) is 8.26. The minimum Gasteiger partial charge on any atom is -0.456 e. The highest BCUT2D eigenvalue weighted by atomic mass is 32.2. The number of sulfonamides is 1. The molecule has 0 radical (unpaired) electrons. The third kappa shape index (κ3) is 5.45. The number of aromatic nitrogens is 2. The zero-order valence-electron chi connectivity index (χ0n) is 20.1. The van der Waals surface area contributed by atoms with Gasteiger partial charge in [0.05, 0.1) is 15.9 Å². The van der Waals surface area contributed by atoms with Gasteiger partial charge in [0.25, 0.3) is 5.91 Å². The summed E-state index contributed by atoms with van der Waals surface area (Å²) in [5, 5.41) is 2.57. The fraction of sp³-hybridized carbons (Fsp3) is 0.375. The molecule has 0 aliphatic heterocycles. The molecule has 10 heteroatoms. The summed E-state index contributed by atoms with van der Waals surface area (Å²) in [4.78, 5) is 29.2. The highest BCUT2D eigenvalue weighted by molar-refractivity contribution is 7.89. The number of benzene rings is 2. The normalized spacial score (nSPS) is 11.7. The van der Waals surface area contributed by atoms with E-state index in [2.05, 4.69) is 10.3 Å². The maximum Gasteiger partial charge on any atom is 0.325 e. The Labute approximate surface area is 199 Å². The Morgan fingerprint density at radius 2 is 1.82 bits per heavy atom. The van der Waals surface area contributed by atoms with Crippen LogP contribution in [0.1, 0.15) is 40.7 Å². The van der Waals surface area contributed by atoms with Gasteiger partial charge in [0.1, 0.15) is 19.0 Å². The molecular weight excluding hydrogens is 456 g/mol. The number of nitrogens with one attached hydrogen (secondary N) is 1. The van der Waals surface area contributed by atoms with Crippen LogP contribution in [-0.2, 0) is 32.7 Å². The zero-order chi connectivity index (χ0) is 25.0. The van der Waals surface area contributed by atoms with Crippen LogP contribution >= 0.6 is 0 Å². The first-order chi connectivity index (χ1) is 16.0. The second-order valence-corrected chi connectivity index (χ2v) is 10.4. The van der Waals surface area contributed by atoms with Crippen molar-refractivity contribution >= 4 is 32.9 Å². The third-order valence-corrected chi connectivity index (χ3v) is 7.36. The van der Waals surface area contributed by atoms with E-state index >= 15 is 0 Å². The summed E-state index contributed by atoms with van der Waals surface area (Å²) >= 11 is 0. The van der Waals surface area contributed by atoms with Crippen molar-refractivity contribution in [3.05, 3.63) is 58.9 Å². The second kappa shape index (κ2) is 10.4. The Morgan fingerprint density at radius 1 is 1.09 bits per heavy atom. The zero-order valence-corrected chi connectivity index (χ0v) is 20.9. The van der Waals surface area contributed by atoms with Gasteiger partial charge >= 0.3 is 5.97 Å². The molecule has 0 aliphatic rings. The van der Waals surface area contributed by atoms with Crippen molar-refractivity contribution < 1.29 is 22.7 Å². The molecule has 2 aromatic carbocycles. The Morgan fingerprint density at radius 3 is 2.47 bits per heavy atom. The molecule has 0 unspecified atom stereocenters. The van der Waals surface area contributed by atoms with Crippen LogP contribution in [0, 0.1) is 13.8 Å². The molecule has 34 heavy (non-hydrogen) atoms. The minimum atomic E-state index is -3.60. The van der Waals surface area contributed by atoms with E-state index < -0.39 is 16.0 Å². The van der Waals surface area contributed by atoms with Gasteiger partial charge in [-0.25, -0.2) is 17.7 Å². The first kappa shape index (κ1) is 25.4. The molecule has 0 aliphatic carbocycles. The molecule has 3 aromatic rings. The summed E-state index contributed by atoms with van der Waals surface area (Å²) in [6.07, 6.45) is 0.816. The van der Waals surface area contributed by atoms with E-state index in [-0.39, 0.29) is 24.0 Å². The van der Waals surface area contributed by atoms with Crippen molar-refractivity contribution in [2.75, 3.05) is 20.6 Å². The molecule has 9 nitrogen and oxygen atoms in total. The van der Waals surface area contributed by atoms with Gasteiger partial charge in [0, 0.05) is 26.2 Å². The van der Waals surface area contributed by atoms with Crippen molar-refractivity contribution in [1.82, 2.24) is 19.2 Å². The first-order valence-corrected chi connectivity index (χ1v) is 12.4. The monoisotopic (exact) mass is 486 g/mol. The van der Waals surface area contributed by atoms with E-state index in [0.717, 1.165) is 27.4 Å². The van der Waals surface area contributed by atoms with Crippen LogP contribution in [0.25, 0.3) is 11.0 Å². The Balaban J connectivity index is 1.70. The first-order valence-electron chi connectivity index (χ1n) is 11.0. The largest absolute Gasteiger partial charge is 0.456 e. The number of hydrogen-bond donors (Lipinski definition) is 1. The van der Waals surface area contributed by atoms with E-state index in [1.165, 1.54) is 20.2 Å².